The first-order valence-electron chi connectivity index (χ1n) is 10.0. The van der Waals surface area contributed by atoms with Crippen LogP contribution < -0.4 is 0 Å². The van der Waals surface area contributed by atoms with Crippen LogP contribution in [0.2, 0.25) is 0 Å². The zero-order valence-corrected chi connectivity index (χ0v) is 18.2. The molecule has 4 rings (SSSR count). The van der Waals surface area contributed by atoms with Crippen LogP contribution in [0, 0.1) is 0 Å². The first kappa shape index (κ1) is 21.4. The third-order valence-electron chi connectivity index (χ3n) is 5.56. The molecule has 3 heterocycles. The zero-order valence-electron chi connectivity index (χ0n) is 16.6. The van der Waals surface area contributed by atoms with Gasteiger partial charge in [-0.3, -0.25) is 4.98 Å². The van der Waals surface area contributed by atoms with Crippen molar-refractivity contribution in [2.24, 2.45) is 0 Å². The van der Waals surface area contributed by atoms with E-state index < -0.39 is 20.0 Å². The number of nitrogens with zero attached hydrogens (tertiary/aromatic N) is 3. The third kappa shape index (κ3) is 4.15. The number of sulfonamides is 2. The summed E-state index contributed by atoms with van der Waals surface area (Å²) in [6, 6.07) is 8.95. The van der Waals surface area contributed by atoms with E-state index in [0.29, 0.717) is 32.8 Å². The predicted molar refractivity (Wildman–Crippen MR) is 111 cm³/mol. The quantitative estimate of drug-likeness (QED) is 0.690. The smallest absolute Gasteiger partial charge is 0.243 e. The molecule has 0 aliphatic carbocycles. The topological polar surface area (TPSA) is 96.9 Å². The number of hydrogen-bond acceptors (Lipinski definition) is 6. The van der Waals surface area contributed by atoms with Gasteiger partial charge in [0.2, 0.25) is 20.0 Å². The molecule has 1 atom stereocenters. The average Bonchev–Trinajstić information content (AvgIpc) is 2.80. The lowest BCUT2D eigenvalue weighted by atomic mass is 9.99. The lowest BCUT2D eigenvalue weighted by Crippen LogP contribution is -2.40. The Balaban J connectivity index is 1.61. The van der Waals surface area contributed by atoms with Gasteiger partial charge in [0.25, 0.3) is 0 Å². The Morgan fingerprint density at radius 2 is 1.53 bits per heavy atom. The van der Waals surface area contributed by atoms with E-state index in [4.69, 9.17) is 4.74 Å². The van der Waals surface area contributed by atoms with Gasteiger partial charge in [-0.25, -0.2) is 16.8 Å². The molecule has 8 nitrogen and oxygen atoms in total. The first-order valence-corrected chi connectivity index (χ1v) is 12.9. The molecule has 0 saturated carbocycles. The SMILES string of the molecule is O=S(=O)(c1ccc(S(=O)(=O)N2CCCCC2c2cccnc2)cc1)N1CCOCC1. The minimum Gasteiger partial charge on any atom is -0.379 e. The molecule has 1 aromatic carbocycles. The predicted octanol–water partition coefficient (Wildman–Crippen LogP) is 2.02. The maximum atomic E-state index is 13.4. The normalized spacial score (nSPS) is 22.1. The largest absolute Gasteiger partial charge is 0.379 e. The molecule has 10 heteroatoms. The van der Waals surface area contributed by atoms with Crippen LogP contribution in [0.15, 0.2) is 58.6 Å². The fourth-order valence-electron chi connectivity index (χ4n) is 3.95. The van der Waals surface area contributed by atoms with Gasteiger partial charge >= 0.3 is 0 Å². The summed E-state index contributed by atoms with van der Waals surface area (Å²) in [4.78, 5) is 4.32. The van der Waals surface area contributed by atoms with E-state index in [1.165, 1.54) is 32.9 Å². The molecule has 1 unspecified atom stereocenters. The summed E-state index contributed by atoms with van der Waals surface area (Å²) >= 11 is 0. The Hall–Kier alpha value is -1.85. The summed E-state index contributed by atoms with van der Waals surface area (Å²) in [5.41, 5.74) is 0.868. The molecule has 2 aliphatic rings. The number of hydrogen-bond donors (Lipinski definition) is 0. The Kier molecular flexibility index (Phi) is 6.21. The van der Waals surface area contributed by atoms with E-state index in [-0.39, 0.29) is 15.8 Å². The minimum absolute atomic E-state index is 0.0887. The van der Waals surface area contributed by atoms with Gasteiger partial charge < -0.3 is 4.74 Å². The van der Waals surface area contributed by atoms with E-state index in [9.17, 15) is 16.8 Å². The molecule has 0 amide bonds. The Labute approximate surface area is 177 Å². The first-order chi connectivity index (χ1) is 14.4. The Bertz CT molecular complexity index is 1070. The molecule has 0 radical (unpaired) electrons. The van der Waals surface area contributed by atoms with Crippen molar-refractivity contribution >= 4 is 20.0 Å². The second-order valence-electron chi connectivity index (χ2n) is 7.40. The van der Waals surface area contributed by atoms with Gasteiger partial charge in [0.1, 0.15) is 0 Å². The maximum absolute atomic E-state index is 13.4. The van der Waals surface area contributed by atoms with Gasteiger partial charge in [-0.1, -0.05) is 12.5 Å². The molecule has 0 spiro atoms. The highest BCUT2D eigenvalue weighted by Gasteiger charge is 2.35. The number of ether oxygens (including phenoxy) is 1. The van der Waals surface area contributed by atoms with Crippen molar-refractivity contribution in [2.45, 2.75) is 35.1 Å². The van der Waals surface area contributed by atoms with Crippen molar-refractivity contribution in [3.05, 3.63) is 54.4 Å². The van der Waals surface area contributed by atoms with Crippen LogP contribution in [0.1, 0.15) is 30.9 Å². The molecular formula is C20H25N3O5S2. The van der Waals surface area contributed by atoms with Crippen molar-refractivity contribution in [1.82, 2.24) is 13.6 Å². The van der Waals surface area contributed by atoms with Gasteiger partial charge in [0.15, 0.2) is 0 Å². The van der Waals surface area contributed by atoms with Crippen LogP contribution in [0.25, 0.3) is 0 Å². The van der Waals surface area contributed by atoms with Crippen LogP contribution >= 0.6 is 0 Å². The van der Waals surface area contributed by atoms with E-state index in [1.807, 2.05) is 6.07 Å². The lowest BCUT2D eigenvalue weighted by molar-refractivity contribution is 0.0730. The molecule has 2 saturated heterocycles. The van der Waals surface area contributed by atoms with Crippen LogP contribution in [0.4, 0.5) is 0 Å². The lowest BCUT2D eigenvalue weighted by Gasteiger charge is -2.34. The second-order valence-corrected chi connectivity index (χ2v) is 11.2. The number of benzene rings is 1. The van der Waals surface area contributed by atoms with E-state index >= 15 is 0 Å². The van der Waals surface area contributed by atoms with Crippen LogP contribution in [-0.4, -0.2) is 63.3 Å². The molecule has 0 bridgehead atoms. The van der Waals surface area contributed by atoms with Gasteiger partial charge in [-0.05, 0) is 48.7 Å². The van der Waals surface area contributed by atoms with E-state index in [0.717, 1.165) is 24.8 Å². The molecule has 162 valence electrons. The highest BCUT2D eigenvalue weighted by Crippen LogP contribution is 2.35. The molecule has 2 fully saturated rings. The molecular weight excluding hydrogens is 426 g/mol. The average molecular weight is 452 g/mol. The maximum Gasteiger partial charge on any atom is 0.243 e. The van der Waals surface area contributed by atoms with Gasteiger partial charge in [0, 0.05) is 32.0 Å². The summed E-state index contributed by atoms with van der Waals surface area (Å²) in [7, 11) is -7.44. The van der Waals surface area contributed by atoms with Crippen molar-refractivity contribution in [2.75, 3.05) is 32.8 Å². The van der Waals surface area contributed by atoms with Crippen molar-refractivity contribution in [1.29, 1.82) is 0 Å². The molecule has 30 heavy (non-hydrogen) atoms. The highest BCUT2D eigenvalue weighted by molar-refractivity contribution is 7.89. The van der Waals surface area contributed by atoms with Gasteiger partial charge in [-0.2, -0.15) is 8.61 Å². The van der Waals surface area contributed by atoms with Crippen LogP contribution in [0.5, 0.6) is 0 Å². The van der Waals surface area contributed by atoms with Gasteiger partial charge in [0.05, 0.1) is 29.0 Å². The molecule has 2 aromatic rings. The van der Waals surface area contributed by atoms with E-state index in [2.05, 4.69) is 4.98 Å². The number of pyridine rings is 1. The summed E-state index contributed by atoms with van der Waals surface area (Å²) in [5, 5.41) is 0. The van der Waals surface area contributed by atoms with Crippen molar-refractivity contribution < 1.29 is 21.6 Å². The number of aromatic nitrogens is 1. The third-order valence-corrected chi connectivity index (χ3v) is 9.40. The standard InChI is InChI=1S/C20H25N3O5S2/c24-29(25,22-12-14-28-15-13-22)18-6-8-19(9-7-18)30(26,27)23-11-2-1-5-20(23)17-4-3-10-21-16-17/h3-4,6-10,16,20H,1-2,5,11-15H2. The molecule has 0 N–H and O–H groups in total. The fraction of sp³-hybridized carbons (Fsp3) is 0.450. The Morgan fingerprint density at radius 3 is 2.17 bits per heavy atom. The zero-order chi connectivity index (χ0) is 21.2. The number of rotatable bonds is 5. The van der Waals surface area contributed by atoms with Gasteiger partial charge in [-0.15, -0.1) is 0 Å². The molecule has 2 aliphatic heterocycles. The van der Waals surface area contributed by atoms with Crippen molar-refractivity contribution in [3.8, 4) is 0 Å². The van der Waals surface area contributed by atoms with Crippen molar-refractivity contribution in [3.63, 3.8) is 0 Å². The summed E-state index contributed by atoms with van der Waals surface area (Å²) in [6.45, 7) is 1.73. The van der Waals surface area contributed by atoms with E-state index in [1.54, 1.807) is 18.5 Å². The minimum atomic E-state index is -3.77. The van der Waals surface area contributed by atoms with Crippen LogP contribution in [-0.2, 0) is 24.8 Å². The number of piperidine rings is 1. The Morgan fingerprint density at radius 1 is 0.867 bits per heavy atom. The summed E-state index contributed by atoms with van der Waals surface area (Å²) in [6.07, 6.45) is 5.84. The fourth-order valence-corrected chi connectivity index (χ4v) is 7.04. The number of morpholine rings is 1. The summed E-state index contributed by atoms with van der Waals surface area (Å²) < 4.78 is 60.4. The monoisotopic (exact) mass is 451 g/mol. The second kappa shape index (κ2) is 8.72. The highest BCUT2D eigenvalue weighted by atomic mass is 32.2. The summed E-state index contributed by atoms with van der Waals surface area (Å²) in [5.74, 6) is 0. The van der Waals surface area contributed by atoms with Crippen LogP contribution in [0.3, 0.4) is 0 Å². The molecule has 1 aromatic heterocycles.